The molecular formula is C69H102N14O20S. The fourth-order valence-electron chi connectivity index (χ4n) is 11.4. The van der Waals surface area contributed by atoms with Gasteiger partial charge in [-0.15, -0.1) is 0 Å². The minimum atomic E-state index is -4.30. The minimum Gasteiger partial charge on any atom is -0.469 e. The summed E-state index contributed by atoms with van der Waals surface area (Å²) >= 11 is 0. The summed E-state index contributed by atoms with van der Waals surface area (Å²) in [7, 11) is 1.72. The van der Waals surface area contributed by atoms with Gasteiger partial charge < -0.3 is 70.2 Å². The van der Waals surface area contributed by atoms with Crippen molar-refractivity contribution in [3.05, 3.63) is 86.8 Å². The fourth-order valence-corrected chi connectivity index (χ4v) is 13.0. The molecule has 2 aliphatic rings. The number of hydrogen-bond donors (Lipinski definition) is 8. The van der Waals surface area contributed by atoms with Crippen molar-refractivity contribution < 1.29 is 89.6 Å². The molecule has 104 heavy (non-hydrogen) atoms. The van der Waals surface area contributed by atoms with Crippen molar-refractivity contribution in [2.75, 3.05) is 153 Å². The van der Waals surface area contributed by atoms with Crippen LogP contribution in [-0.4, -0.2) is 275 Å². The van der Waals surface area contributed by atoms with E-state index in [-0.39, 0.29) is 139 Å². The number of nitrogens with zero attached hydrogens (tertiary/aromatic N) is 6. The minimum absolute atomic E-state index is 0.0224. The monoisotopic (exact) mass is 1480 g/mol. The predicted molar refractivity (Wildman–Crippen MR) is 381 cm³/mol. The third-order valence-electron chi connectivity index (χ3n) is 17.0. The molecule has 8 N–H and O–H groups in total. The molecule has 3 heterocycles. The molecule has 3 atom stereocenters. The van der Waals surface area contributed by atoms with Crippen molar-refractivity contribution in [1.82, 2.24) is 66.1 Å². The van der Waals surface area contributed by atoms with Crippen molar-refractivity contribution in [2.24, 2.45) is 4.99 Å². The molecule has 34 nitrogen and oxygen atoms in total. The smallest absolute Gasteiger partial charge is 0.325 e. The number of fused-ring (bicyclic) bond motifs is 1. The summed E-state index contributed by atoms with van der Waals surface area (Å²) in [4.78, 5) is 169. The molecular weight excluding hydrogens is 1380 g/mol. The van der Waals surface area contributed by atoms with E-state index in [0.29, 0.717) is 75.1 Å². The second-order valence-corrected chi connectivity index (χ2v) is 26.6. The van der Waals surface area contributed by atoms with E-state index in [1.807, 2.05) is 27.7 Å². The number of amidine groups is 1. The normalized spacial score (nSPS) is 15.4. The van der Waals surface area contributed by atoms with Gasteiger partial charge >= 0.3 is 29.8 Å². The van der Waals surface area contributed by atoms with Gasteiger partial charge in [0.1, 0.15) is 29.5 Å². The van der Waals surface area contributed by atoms with Crippen LogP contribution < -0.4 is 47.4 Å². The van der Waals surface area contributed by atoms with Gasteiger partial charge in [0, 0.05) is 129 Å². The first-order chi connectivity index (χ1) is 49.7. The molecule has 1 fully saturated rings. The molecule has 0 radical (unpaired) electrons. The molecule has 2 aromatic carbocycles. The highest BCUT2D eigenvalue weighted by atomic mass is 32.2. The average molecular weight is 1480 g/mol. The van der Waals surface area contributed by atoms with E-state index >= 15 is 0 Å². The molecule has 574 valence electrons. The summed E-state index contributed by atoms with van der Waals surface area (Å²) in [6.45, 7) is 9.72. The second kappa shape index (κ2) is 44.4. The maximum atomic E-state index is 14.0. The number of carbonyl (C=O) groups is 11. The topological polar surface area (TPSA) is 421 Å². The molecule has 35 heteroatoms. The first-order valence-corrected chi connectivity index (χ1v) is 35.9. The first-order valence-electron chi connectivity index (χ1n) is 34.4. The number of benzene rings is 2. The number of amides is 6. The Morgan fingerprint density at radius 3 is 1.63 bits per heavy atom. The Balaban J connectivity index is 1.05. The van der Waals surface area contributed by atoms with Crippen LogP contribution in [0.5, 0.6) is 0 Å². The number of aliphatic imine (C=N–C) groups is 1. The summed E-state index contributed by atoms with van der Waals surface area (Å²) in [6.07, 6.45) is 6.29. The van der Waals surface area contributed by atoms with Crippen molar-refractivity contribution in [3.8, 4) is 0 Å². The summed E-state index contributed by atoms with van der Waals surface area (Å²) in [5.41, 5.74) is 2.10. The van der Waals surface area contributed by atoms with Gasteiger partial charge in [0.05, 0.1) is 85.1 Å². The molecule has 0 unspecified atom stereocenters. The maximum Gasteiger partial charge on any atom is 0.325 e. The number of hydrogen-bond acceptors (Lipinski definition) is 25. The zero-order chi connectivity index (χ0) is 76.3. The number of aryl methyl sites for hydroxylation is 4. The van der Waals surface area contributed by atoms with E-state index in [1.54, 1.807) is 66.8 Å². The lowest BCUT2D eigenvalue weighted by molar-refractivity contribution is -0.144. The van der Waals surface area contributed by atoms with Gasteiger partial charge in [-0.05, 0) is 81.5 Å². The van der Waals surface area contributed by atoms with E-state index in [2.05, 4.69) is 46.9 Å². The summed E-state index contributed by atoms with van der Waals surface area (Å²) in [5, 5.41) is 19.4. The Labute approximate surface area is 605 Å². The van der Waals surface area contributed by atoms with Crippen LogP contribution in [0.1, 0.15) is 90.9 Å². The van der Waals surface area contributed by atoms with Gasteiger partial charge in [-0.1, -0.05) is 36.8 Å². The highest BCUT2D eigenvalue weighted by molar-refractivity contribution is 7.89. The fraction of sp³-hybridized carbons (Fsp3) is 0.580. The molecule has 0 saturated carbocycles. The molecule has 1 saturated heterocycles. The van der Waals surface area contributed by atoms with Crippen molar-refractivity contribution in [1.29, 1.82) is 0 Å². The van der Waals surface area contributed by atoms with Crippen LogP contribution in [0, 0.1) is 20.8 Å². The average Bonchev–Trinajstić information content (AvgIpc) is 0.848. The van der Waals surface area contributed by atoms with Gasteiger partial charge in [-0.25, -0.2) is 8.42 Å². The summed E-state index contributed by atoms with van der Waals surface area (Å²) in [6, 6.07) is 4.45. The van der Waals surface area contributed by atoms with E-state index < -0.39 is 100 Å². The zero-order valence-electron chi connectivity index (χ0n) is 60.9. The van der Waals surface area contributed by atoms with Crippen molar-refractivity contribution in [2.45, 2.75) is 115 Å². The highest BCUT2D eigenvalue weighted by Gasteiger charge is 2.32. The van der Waals surface area contributed by atoms with Crippen LogP contribution in [0.25, 0.3) is 10.9 Å². The van der Waals surface area contributed by atoms with Gasteiger partial charge in [0.15, 0.2) is 0 Å². The Morgan fingerprint density at radius 1 is 0.596 bits per heavy atom. The lowest BCUT2D eigenvalue weighted by Gasteiger charge is -2.33. The van der Waals surface area contributed by atoms with Crippen LogP contribution in [0.15, 0.2) is 63.5 Å². The predicted octanol–water partition coefficient (Wildman–Crippen LogP) is -1.42. The summed E-state index contributed by atoms with van der Waals surface area (Å²) in [5.74, 6) is -6.05. The number of sulfonamides is 1. The largest absolute Gasteiger partial charge is 0.469 e. The van der Waals surface area contributed by atoms with Crippen LogP contribution in [0.4, 0.5) is 0 Å². The Hall–Kier alpha value is -9.26. The molecule has 3 aromatic rings. The molecule has 6 amide bonds. The van der Waals surface area contributed by atoms with Crippen LogP contribution in [0.2, 0.25) is 0 Å². The van der Waals surface area contributed by atoms with E-state index in [9.17, 15) is 66.0 Å². The Morgan fingerprint density at radius 2 is 1.12 bits per heavy atom. The van der Waals surface area contributed by atoms with Crippen LogP contribution in [0.3, 0.4) is 0 Å². The highest BCUT2D eigenvalue weighted by Crippen LogP contribution is 2.23. The van der Waals surface area contributed by atoms with Crippen LogP contribution in [-0.2, 0) is 99.5 Å². The quantitative estimate of drug-likeness (QED) is 0.0185. The lowest BCUT2D eigenvalue weighted by Crippen LogP contribution is -2.55. The van der Waals surface area contributed by atoms with Gasteiger partial charge in [0.25, 0.3) is 5.91 Å². The van der Waals surface area contributed by atoms with Gasteiger partial charge in [-0.3, -0.25) is 82.1 Å². The van der Waals surface area contributed by atoms with Crippen LogP contribution >= 0.6 is 0 Å². The van der Waals surface area contributed by atoms with Gasteiger partial charge in [-0.2, -0.15) is 4.72 Å². The van der Waals surface area contributed by atoms with Crippen molar-refractivity contribution in [3.63, 3.8) is 0 Å². The molecule has 1 aromatic heterocycles. The van der Waals surface area contributed by atoms with E-state index in [0.717, 1.165) is 31.2 Å². The molecule has 0 aliphatic carbocycles. The number of carbonyl (C=O) groups excluding carboxylic acids is 11. The number of nitrogens with one attached hydrogen (secondary N) is 8. The molecule has 0 bridgehead atoms. The molecule has 5 rings (SSSR count). The third kappa shape index (κ3) is 29.1. The standard InChI is InChI=1S/C69H102N14O20S/c1-10-52(77-68(94)53(38-60(87)98-5)76-59(86)42-79-25-27-80(43-61(88)99-6)29-31-82(45-63(90)101-8)32-30-81(28-26-79)44-62(89)100-7)67(93)73-23-14-34-103-33-13-22-72-58(85)19-18-57(84)71-21-12-24-83-41-51(64(91)50-17-16-49(37-55(50)83)39-74-56-15-11-20-70-56)66(92)75-40-54(69(95)102-9)78-104(96,97)65-47(3)35-46(2)36-48(65)4/h11,16-17,20,35-37,41,52-54,78H,10,12-15,18-19,21-34,38-40,42-45H2,1-9H3,(H,70,74)(H,71,84)(H,72,85)(H,73,93)(H,75,92)(H,76,86)(H,77,94)/t52-,53-,54+/m1/s1. The number of methoxy groups -OCH3 is 5. The lowest BCUT2D eigenvalue weighted by atomic mass is 10.1. The summed E-state index contributed by atoms with van der Waals surface area (Å²) < 4.78 is 61.4. The number of pyridine rings is 1. The molecule has 2 aliphatic heterocycles. The van der Waals surface area contributed by atoms with Crippen molar-refractivity contribution >= 4 is 92.1 Å². The first kappa shape index (κ1) is 85.4. The number of esters is 5. The maximum absolute atomic E-state index is 14.0. The number of aromatic nitrogens is 1. The third-order valence-corrected chi connectivity index (χ3v) is 18.8. The zero-order valence-corrected chi connectivity index (χ0v) is 61.7. The van der Waals surface area contributed by atoms with Gasteiger partial charge in [0.2, 0.25) is 45.0 Å². The number of ether oxygens (including phenoxy) is 6. The second-order valence-electron chi connectivity index (χ2n) is 24.9. The van der Waals surface area contributed by atoms with E-state index in [4.69, 9.17) is 28.4 Å². The molecule has 0 spiro atoms. The SMILES string of the molecule is CC[C@@H](NC(=O)[C@@H](CC(=O)OC)NC(=O)CN1CCN(CC(=O)OC)CCN(CC(=O)OC)CCN(CC(=O)OC)CC1)C(=O)NCCCOCCCNC(=O)CCC(=O)NCCCn1cc(C(=O)NC[C@H](NS(=O)(=O)c2c(C)cc(C)cc2C)C(=O)OC)c(=O)c2ccc(CN=C3CC=CN3)cc21. The number of rotatable bonds is 39. The Bertz CT molecular complexity index is 3650. The Kier molecular flexibility index (Phi) is 36.5. The van der Waals surface area contributed by atoms with E-state index in [1.165, 1.54) is 27.5 Å².